The number of piperazine rings is 1. The van der Waals surface area contributed by atoms with Gasteiger partial charge in [-0.1, -0.05) is 24.3 Å². The van der Waals surface area contributed by atoms with Crippen LogP contribution in [0.25, 0.3) is 0 Å². The zero-order valence-electron chi connectivity index (χ0n) is 16.0. The van der Waals surface area contributed by atoms with Gasteiger partial charge in [0.15, 0.2) is 0 Å². The minimum absolute atomic E-state index is 0.0434. The monoisotopic (exact) mass is 371 g/mol. The Morgan fingerprint density at radius 3 is 2.50 bits per heavy atom. The highest BCUT2D eigenvalue weighted by Gasteiger charge is 2.20. The van der Waals surface area contributed by atoms with Crippen LogP contribution in [0.4, 0.5) is 0 Å². The number of benzene rings is 1. The lowest BCUT2D eigenvalue weighted by molar-refractivity contribution is -0.123. The quantitative estimate of drug-likeness (QED) is 0.846. The van der Waals surface area contributed by atoms with Gasteiger partial charge in [-0.3, -0.25) is 14.6 Å². The van der Waals surface area contributed by atoms with Crippen LogP contribution < -0.4 is 5.32 Å². The molecule has 0 saturated carbocycles. The fourth-order valence-electron chi connectivity index (χ4n) is 3.34. The van der Waals surface area contributed by atoms with E-state index in [9.17, 15) is 4.79 Å². The molecule has 2 aromatic rings. The average Bonchev–Trinajstić information content (AvgIpc) is 3.12. The van der Waals surface area contributed by atoms with Gasteiger partial charge in [0.05, 0.1) is 12.6 Å². The molecule has 1 aliphatic heterocycles. The maximum absolute atomic E-state index is 12.4. The highest BCUT2D eigenvalue weighted by molar-refractivity contribution is 7.09. The highest BCUT2D eigenvalue weighted by Crippen LogP contribution is 2.17. The summed E-state index contributed by atoms with van der Waals surface area (Å²) in [6.45, 7) is 11.8. The third-order valence-electron chi connectivity index (χ3n) is 5.20. The van der Waals surface area contributed by atoms with E-state index in [1.54, 1.807) is 0 Å². The van der Waals surface area contributed by atoms with Crippen molar-refractivity contribution < 1.29 is 4.79 Å². The molecule has 5 heteroatoms. The summed E-state index contributed by atoms with van der Waals surface area (Å²) in [6, 6.07) is 10.7. The first-order valence-electron chi connectivity index (χ1n) is 9.35. The van der Waals surface area contributed by atoms with Crippen molar-refractivity contribution in [1.82, 2.24) is 15.1 Å². The SMILES string of the molecule is Cc1ccc([C@H](C)NC(=O)CN2CCN(Cc3cccs3)CC2)cc1C. The second-order valence-electron chi connectivity index (χ2n) is 7.26. The van der Waals surface area contributed by atoms with Crippen LogP contribution in [0.3, 0.4) is 0 Å². The third kappa shape index (κ3) is 5.16. The lowest BCUT2D eigenvalue weighted by atomic mass is 10.0. The molecule has 0 unspecified atom stereocenters. The molecule has 1 aromatic heterocycles. The van der Waals surface area contributed by atoms with E-state index in [1.165, 1.54) is 21.6 Å². The fourth-order valence-corrected chi connectivity index (χ4v) is 4.08. The van der Waals surface area contributed by atoms with Gasteiger partial charge in [-0.25, -0.2) is 0 Å². The predicted octanol–water partition coefficient (Wildman–Crippen LogP) is 3.36. The molecule has 2 heterocycles. The normalized spacial score (nSPS) is 17.2. The van der Waals surface area contributed by atoms with Gasteiger partial charge in [0.1, 0.15) is 0 Å². The molecule has 1 amide bonds. The van der Waals surface area contributed by atoms with E-state index in [1.807, 2.05) is 11.3 Å². The third-order valence-corrected chi connectivity index (χ3v) is 6.06. The lowest BCUT2D eigenvalue weighted by Crippen LogP contribution is -2.49. The molecule has 1 saturated heterocycles. The van der Waals surface area contributed by atoms with Gasteiger partial charge in [0.2, 0.25) is 5.91 Å². The molecule has 1 aromatic carbocycles. The van der Waals surface area contributed by atoms with E-state index in [0.29, 0.717) is 6.54 Å². The van der Waals surface area contributed by atoms with E-state index in [0.717, 1.165) is 32.7 Å². The first kappa shape index (κ1) is 19.1. The Labute approximate surface area is 160 Å². The number of hydrogen-bond acceptors (Lipinski definition) is 4. The number of aryl methyl sites for hydroxylation is 2. The van der Waals surface area contributed by atoms with E-state index < -0.39 is 0 Å². The molecule has 0 bridgehead atoms. The minimum Gasteiger partial charge on any atom is -0.348 e. The van der Waals surface area contributed by atoms with E-state index in [2.05, 4.69) is 71.6 Å². The summed E-state index contributed by atoms with van der Waals surface area (Å²) in [4.78, 5) is 18.6. The topological polar surface area (TPSA) is 35.6 Å². The highest BCUT2D eigenvalue weighted by atomic mass is 32.1. The Bertz CT molecular complexity index is 721. The van der Waals surface area contributed by atoms with Gasteiger partial charge in [-0.2, -0.15) is 0 Å². The second-order valence-corrected chi connectivity index (χ2v) is 8.30. The van der Waals surface area contributed by atoms with Gasteiger partial charge in [-0.05, 0) is 48.9 Å². The van der Waals surface area contributed by atoms with Crippen molar-refractivity contribution in [3.8, 4) is 0 Å². The number of nitrogens with one attached hydrogen (secondary N) is 1. The molecular formula is C21H29N3OS. The smallest absolute Gasteiger partial charge is 0.234 e. The molecule has 1 atom stereocenters. The van der Waals surface area contributed by atoms with Crippen molar-refractivity contribution in [3.63, 3.8) is 0 Å². The summed E-state index contributed by atoms with van der Waals surface area (Å²) in [5.41, 5.74) is 3.72. The zero-order chi connectivity index (χ0) is 18.5. The number of nitrogens with zero attached hydrogens (tertiary/aromatic N) is 2. The Morgan fingerprint density at radius 2 is 1.85 bits per heavy atom. The number of rotatable bonds is 6. The van der Waals surface area contributed by atoms with E-state index in [4.69, 9.17) is 0 Å². The molecule has 140 valence electrons. The summed E-state index contributed by atoms with van der Waals surface area (Å²) < 4.78 is 0. The van der Waals surface area contributed by atoms with E-state index in [-0.39, 0.29) is 11.9 Å². The van der Waals surface area contributed by atoms with Crippen molar-refractivity contribution >= 4 is 17.2 Å². The molecule has 0 aliphatic carbocycles. The van der Waals surface area contributed by atoms with Gasteiger partial charge in [0.25, 0.3) is 0 Å². The molecular weight excluding hydrogens is 342 g/mol. The molecule has 0 spiro atoms. The molecule has 4 nitrogen and oxygen atoms in total. The summed E-state index contributed by atoms with van der Waals surface area (Å²) in [6.07, 6.45) is 0. The Kier molecular flexibility index (Phi) is 6.46. The van der Waals surface area contributed by atoms with Crippen LogP contribution in [0.5, 0.6) is 0 Å². The number of carbonyl (C=O) groups is 1. The Balaban J connectivity index is 1.43. The minimum atomic E-state index is 0.0434. The van der Waals surface area contributed by atoms with Crippen LogP contribution in [-0.2, 0) is 11.3 Å². The van der Waals surface area contributed by atoms with E-state index >= 15 is 0 Å². The largest absolute Gasteiger partial charge is 0.348 e. The van der Waals surface area contributed by atoms with Crippen molar-refractivity contribution in [3.05, 3.63) is 57.3 Å². The number of thiophene rings is 1. The fraction of sp³-hybridized carbons (Fsp3) is 0.476. The van der Waals surface area contributed by atoms with Gasteiger partial charge >= 0.3 is 0 Å². The van der Waals surface area contributed by atoms with Gasteiger partial charge in [0, 0.05) is 37.6 Å². The molecule has 3 rings (SSSR count). The molecule has 1 N–H and O–H groups in total. The summed E-state index contributed by atoms with van der Waals surface area (Å²) in [5.74, 6) is 0.113. The van der Waals surface area contributed by atoms with Crippen LogP contribution in [0.15, 0.2) is 35.7 Å². The van der Waals surface area contributed by atoms with Crippen molar-refractivity contribution in [2.75, 3.05) is 32.7 Å². The molecule has 1 aliphatic rings. The summed E-state index contributed by atoms with van der Waals surface area (Å²) >= 11 is 1.82. The summed E-state index contributed by atoms with van der Waals surface area (Å²) in [7, 11) is 0. The Morgan fingerprint density at radius 1 is 1.12 bits per heavy atom. The Hall–Kier alpha value is -1.69. The first-order chi connectivity index (χ1) is 12.5. The van der Waals surface area contributed by atoms with Crippen LogP contribution in [0, 0.1) is 13.8 Å². The summed E-state index contributed by atoms with van der Waals surface area (Å²) in [5, 5.41) is 5.28. The van der Waals surface area contributed by atoms with Gasteiger partial charge in [-0.15, -0.1) is 11.3 Å². The maximum atomic E-state index is 12.4. The number of hydrogen-bond donors (Lipinski definition) is 1. The number of amides is 1. The van der Waals surface area contributed by atoms with Crippen LogP contribution in [0.2, 0.25) is 0 Å². The number of carbonyl (C=O) groups excluding carboxylic acids is 1. The van der Waals surface area contributed by atoms with Crippen molar-refractivity contribution in [1.29, 1.82) is 0 Å². The van der Waals surface area contributed by atoms with Crippen LogP contribution in [0.1, 0.15) is 34.5 Å². The molecule has 0 radical (unpaired) electrons. The standard InChI is InChI=1S/C21H29N3OS/c1-16-6-7-19(13-17(16)2)18(3)22-21(25)15-24-10-8-23(9-11-24)14-20-5-4-12-26-20/h4-7,12-13,18H,8-11,14-15H2,1-3H3,(H,22,25)/t18-/m0/s1. The van der Waals surface area contributed by atoms with Crippen LogP contribution in [-0.4, -0.2) is 48.4 Å². The predicted molar refractivity (Wildman–Crippen MR) is 109 cm³/mol. The maximum Gasteiger partial charge on any atom is 0.234 e. The first-order valence-corrected chi connectivity index (χ1v) is 10.2. The average molecular weight is 372 g/mol. The van der Waals surface area contributed by atoms with Gasteiger partial charge < -0.3 is 5.32 Å². The lowest BCUT2D eigenvalue weighted by Gasteiger charge is -2.34. The second kappa shape index (κ2) is 8.80. The molecule has 1 fully saturated rings. The van der Waals surface area contributed by atoms with Crippen molar-refractivity contribution in [2.45, 2.75) is 33.4 Å². The molecule has 26 heavy (non-hydrogen) atoms. The van der Waals surface area contributed by atoms with Crippen molar-refractivity contribution in [2.24, 2.45) is 0 Å². The zero-order valence-corrected chi connectivity index (χ0v) is 16.8. The van der Waals surface area contributed by atoms with Crippen LogP contribution >= 0.6 is 11.3 Å².